The maximum atomic E-state index is 13.3. The minimum Gasteiger partial charge on any atom is -0.478 e. The minimum absolute atomic E-state index is 0.0278. The van der Waals surface area contributed by atoms with Crippen LogP contribution in [-0.2, 0) is 4.79 Å². The zero-order chi connectivity index (χ0) is 23.2. The molecule has 0 aromatic heterocycles. The van der Waals surface area contributed by atoms with E-state index in [-0.39, 0.29) is 17.2 Å². The number of amides is 1. The lowest BCUT2D eigenvalue weighted by atomic mass is 9.90. The molecule has 0 fully saturated rings. The molecule has 0 heterocycles. The van der Waals surface area contributed by atoms with Gasteiger partial charge in [0.1, 0.15) is 5.82 Å². The van der Waals surface area contributed by atoms with E-state index in [9.17, 15) is 19.1 Å². The first-order chi connectivity index (χ1) is 16.0. The first kappa shape index (κ1) is 21.8. The highest BCUT2D eigenvalue weighted by Gasteiger charge is 2.23. The van der Waals surface area contributed by atoms with Crippen molar-refractivity contribution in [3.05, 3.63) is 126 Å². The van der Waals surface area contributed by atoms with Gasteiger partial charge in [0.15, 0.2) is 0 Å². The Morgan fingerprint density at radius 1 is 0.727 bits per heavy atom. The number of carbonyl (C=O) groups is 2. The van der Waals surface area contributed by atoms with Gasteiger partial charge < -0.3 is 15.7 Å². The molecule has 6 heteroatoms. The minimum atomic E-state index is -1.12. The molecule has 5 nitrogen and oxygen atoms in total. The third kappa shape index (κ3) is 5.25. The van der Waals surface area contributed by atoms with Crippen LogP contribution in [0.3, 0.4) is 0 Å². The summed E-state index contributed by atoms with van der Waals surface area (Å²) in [6.45, 7) is 0. The van der Waals surface area contributed by atoms with Gasteiger partial charge in [-0.15, -0.1) is 0 Å². The summed E-state index contributed by atoms with van der Waals surface area (Å²) in [5, 5.41) is 15.5. The summed E-state index contributed by atoms with van der Waals surface area (Å²) in [4.78, 5) is 25.0. The molecule has 0 spiro atoms. The highest BCUT2D eigenvalue weighted by Crippen LogP contribution is 2.29. The van der Waals surface area contributed by atoms with Crippen molar-refractivity contribution >= 4 is 28.9 Å². The van der Waals surface area contributed by atoms with Crippen molar-refractivity contribution in [2.45, 2.75) is 5.92 Å². The van der Waals surface area contributed by atoms with Gasteiger partial charge in [0.2, 0.25) is 5.91 Å². The molecule has 4 rings (SSSR count). The number of anilines is 3. The van der Waals surface area contributed by atoms with Crippen molar-refractivity contribution in [1.29, 1.82) is 0 Å². The van der Waals surface area contributed by atoms with E-state index in [2.05, 4.69) is 10.6 Å². The summed E-state index contributed by atoms with van der Waals surface area (Å²) < 4.78 is 13.2. The average molecular weight is 440 g/mol. The summed E-state index contributed by atoms with van der Waals surface area (Å²) in [5.41, 5.74) is 2.95. The summed E-state index contributed by atoms with van der Waals surface area (Å²) in [5.74, 6) is -2.31. The molecular formula is C27H21FN2O3. The van der Waals surface area contributed by atoms with Crippen LogP contribution in [0.2, 0.25) is 0 Å². The van der Waals surface area contributed by atoms with Crippen LogP contribution in [0.1, 0.15) is 27.4 Å². The molecule has 0 aliphatic heterocycles. The molecule has 0 bridgehead atoms. The van der Waals surface area contributed by atoms with Gasteiger partial charge in [-0.05, 0) is 53.6 Å². The summed E-state index contributed by atoms with van der Waals surface area (Å²) >= 11 is 0. The number of aromatic carboxylic acids is 1. The molecule has 164 valence electrons. The second kappa shape index (κ2) is 9.78. The fraction of sp³-hybridized carbons (Fsp3) is 0.0370. The van der Waals surface area contributed by atoms with Crippen molar-refractivity contribution in [3.63, 3.8) is 0 Å². The second-order valence-corrected chi connectivity index (χ2v) is 7.44. The number of carbonyl (C=O) groups excluding carboxylic acids is 1. The van der Waals surface area contributed by atoms with Crippen LogP contribution in [-0.4, -0.2) is 17.0 Å². The van der Waals surface area contributed by atoms with E-state index < -0.39 is 17.7 Å². The molecule has 0 saturated carbocycles. The molecule has 0 radical (unpaired) electrons. The fourth-order valence-corrected chi connectivity index (χ4v) is 3.60. The van der Waals surface area contributed by atoms with Gasteiger partial charge >= 0.3 is 5.97 Å². The topological polar surface area (TPSA) is 78.4 Å². The summed E-state index contributed by atoms with van der Waals surface area (Å²) in [6.07, 6.45) is 0. The summed E-state index contributed by atoms with van der Waals surface area (Å²) in [6, 6.07) is 29.0. The zero-order valence-corrected chi connectivity index (χ0v) is 17.5. The Hall–Kier alpha value is -4.45. The molecule has 0 aliphatic carbocycles. The van der Waals surface area contributed by atoms with E-state index in [0.717, 1.165) is 11.1 Å². The lowest BCUT2D eigenvalue weighted by Crippen LogP contribution is -2.22. The van der Waals surface area contributed by atoms with Crippen LogP contribution < -0.4 is 10.6 Å². The normalized spacial score (nSPS) is 10.6. The van der Waals surface area contributed by atoms with Crippen LogP contribution in [0.15, 0.2) is 103 Å². The van der Waals surface area contributed by atoms with Crippen LogP contribution in [0, 0.1) is 5.82 Å². The smallest absolute Gasteiger partial charge is 0.337 e. The predicted octanol–water partition coefficient (Wildman–Crippen LogP) is 6.04. The molecule has 0 atom stereocenters. The van der Waals surface area contributed by atoms with Gasteiger partial charge in [-0.2, -0.15) is 0 Å². The van der Waals surface area contributed by atoms with Crippen LogP contribution >= 0.6 is 0 Å². The van der Waals surface area contributed by atoms with E-state index in [1.807, 2.05) is 60.7 Å². The van der Waals surface area contributed by atoms with E-state index >= 15 is 0 Å². The van der Waals surface area contributed by atoms with Crippen molar-refractivity contribution in [2.24, 2.45) is 0 Å². The van der Waals surface area contributed by atoms with Gasteiger partial charge in [0.25, 0.3) is 0 Å². The van der Waals surface area contributed by atoms with Gasteiger partial charge in [-0.25, -0.2) is 9.18 Å². The van der Waals surface area contributed by atoms with Gasteiger partial charge in [0, 0.05) is 11.4 Å². The first-order valence-corrected chi connectivity index (χ1v) is 10.3. The number of carboxylic acid groups (broad SMARTS) is 1. The Bertz CT molecular complexity index is 1220. The quantitative estimate of drug-likeness (QED) is 0.327. The number of benzene rings is 4. The molecule has 1 amide bonds. The monoisotopic (exact) mass is 440 g/mol. The van der Waals surface area contributed by atoms with E-state index in [4.69, 9.17) is 0 Å². The highest BCUT2D eigenvalue weighted by molar-refractivity contribution is 6.01. The Morgan fingerprint density at radius 2 is 1.27 bits per heavy atom. The Morgan fingerprint density at radius 3 is 1.82 bits per heavy atom. The standard InChI is InChI=1S/C27H21FN2O3/c28-20-11-13-21(14-12-20)29-24-17-22(15-16-23(24)27(32)33)30-26(31)25(18-7-3-1-4-8-18)19-9-5-2-6-10-19/h1-17,25,29H,(H,30,31)(H,32,33). The van der Waals surface area contributed by atoms with Crippen LogP contribution in [0.5, 0.6) is 0 Å². The molecule has 0 aliphatic rings. The van der Waals surface area contributed by atoms with Crippen molar-refractivity contribution < 1.29 is 19.1 Å². The molecule has 0 unspecified atom stereocenters. The number of hydrogen-bond acceptors (Lipinski definition) is 3. The number of hydrogen-bond donors (Lipinski definition) is 3. The zero-order valence-electron chi connectivity index (χ0n) is 17.5. The Balaban J connectivity index is 1.65. The van der Waals surface area contributed by atoms with Gasteiger partial charge in [-0.3, -0.25) is 4.79 Å². The van der Waals surface area contributed by atoms with Crippen molar-refractivity contribution in [2.75, 3.05) is 10.6 Å². The number of nitrogens with one attached hydrogen (secondary N) is 2. The molecule has 0 saturated heterocycles. The lowest BCUT2D eigenvalue weighted by Gasteiger charge is -2.19. The predicted molar refractivity (Wildman–Crippen MR) is 126 cm³/mol. The molecular weight excluding hydrogens is 419 g/mol. The second-order valence-electron chi connectivity index (χ2n) is 7.44. The van der Waals surface area contributed by atoms with E-state index in [1.165, 1.54) is 30.3 Å². The van der Waals surface area contributed by atoms with Crippen LogP contribution in [0.25, 0.3) is 0 Å². The fourth-order valence-electron chi connectivity index (χ4n) is 3.60. The Kier molecular flexibility index (Phi) is 6.45. The van der Waals surface area contributed by atoms with Gasteiger partial charge in [0.05, 0.1) is 17.2 Å². The lowest BCUT2D eigenvalue weighted by molar-refractivity contribution is -0.116. The molecule has 4 aromatic carbocycles. The summed E-state index contributed by atoms with van der Waals surface area (Å²) in [7, 11) is 0. The first-order valence-electron chi connectivity index (χ1n) is 10.3. The number of carboxylic acids is 1. The van der Waals surface area contributed by atoms with Crippen molar-refractivity contribution in [1.82, 2.24) is 0 Å². The average Bonchev–Trinajstić information content (AvgIpc) is 2.82. The highest BCUT2D eigenvalue weighted by atomic mass is 19.1. The number of rotatable bonds is 7. The molecule has 33 heavy (non-hydrogen) atoms. The maximum absolute atomic E-state index is 13.3. The molecule has 3 N–H and O–H groups in total. The van der Waals surface area contributed by atoms with E-state index in [0.29, 0.717) is 11.4 Å². The Labute approximate surface area is 190 Å². The van der Waals surface area contributed by atoms with E-state index in [1.54, 1.807) is 12.1 Å². The van der Waals surface area contributed by atoms with Crippen LogP contribution in [0.4, 0.5) is 21.5 Å². The third-order valence-electron chi connectivity index (χ3n) is 5.17. The maximum Gasteiger partial charge on any atom is 0.337 e. The largest absolute Gasteiger partial charge is 0.478 e. The SMILES string of the molecule is O=C(O)c1ccc(NC(=O)C(c2ccccc2)c2ccccc2)cc1Nc1ccc(F)cc1. The van der Waals surface area contributed by atoms with Crippen molar-refractivity contribution in [3.8, 4) is 0 Å². The number of halogens is 1. The molecule has 4 aromatic rings. The third-order valence-corrected chi connectivity index (χ3v) is 5.17. The van der Waals surface area contributed by atoms with Gasteiger partial charge in [-0.1, -0.05) is 60.7 Å².